The molecule has 0 amide bonds. The smallest absolute Gasteiger partial charge is 0.417 e. The molecule has 0 aliphatic rings. The predicted octanol–water partition coefficient (Wildman–Crippen LogP) is 4.46. The van der Waals surface area contributed by atoms with Crippen molar-refractivity contribution < 1.29 is 27.4 Å². The van der Waals surface area contributed by atoms with Crippen LogP contribution in [0.15, 0.2) is 24.3 Å². The van der Waals surface area contributed by atoms with Gasteiger partial charge in [0.05, 0.1) is 17.7 Å². The highest BCUT2D eigenvalue weighted by Crippen LogP contribution is 2.32. The molecule has 0 aliphatic carbocycles. The van der Waals surface area contributed by atoms with Gasteiger partial charge in [-0.15, -0.1) is 0 Å². The van der Waals surface area contributed by atoms with E-state index in [0.717, 1.165) is 31.4 Å². The summed E-state index contributed by atoms with van der Waals surface area (Å²) < 4.78 is 48.4. The number of halogens is 3. The number of rotatable bonds is 9. The first-order valence-corrected chi connectivity index (χ1v) is 7.38. The minimum absolute atomic E-state index is 0.125. The van der Waals surface area contributed by atoms with Crippen molar-refractivity contribution in [1.82, 2.24) is 0 Å². The van der Waals surface area contributed by atoms with E-state index in [1.807, 2.05) is 6.92 Å². The van der Waals surface area contributed by atoms with Crippen molar-refractivity contribution in [1.29, 1.82) is 0 Å². The van der Waals surface area contributed by atoms with E-state index in [2.05, 4.69) is 0 Å². The normalized spacial score (nSPS) is 11.5. The van der Waals surface area contributed by atoms with Crippen LogP contribution in [-0.2, 0) is 15.7 Å². The van der Waals surface area contributed by atoms with Gasteiger partial charge in [-0.05, 0) is 38.3 Å². The maximum Gasteiger partial charge on any atom is 0.417 e. The summed E-state index contributed by atoms with van der Waals surface area (Å²) in [6, 6.07) is 4.65. The molecule has 3 nitrogen and oxygen atoms in total. The molecule has 124 valence electrons. The molecule has 0 aliphatic heterocycles. The molecule has 0 N–H and O–H groups in total. The molecular weight excluding hydrogens is 297 g/mol. The molecule has 6 heteroatoms. The van der Waals surface area contributed by atoms with E-state index in [1.165, 1.54) is 12.1 Å². The van der Waals surface area contributed by atoms with Gasteiger partial charge >= 0.3 is 12.1 Å². The highest BCUT2D eigenvalue weighted by Gasteiger charge is 2.35. The topological polar surface area (TPSA) is 35.5 Å². The molecule has 0 saturated carbocycles. The molecule has 0 bridgehead atoms. The van der Waals surface area contributed by atoms with Crippen molar-refractivity contribution in [3.05, 3.63) is 35.4 Å². The molecule has 1 aromatic carbocycles. The van der Waals surface area contributed by atoms with Gasteiger partial charge in [0, 0.05) is 13.2 Å². The standard InChI is InChI=1S/C16H21F3O3/c1-2-21-11-7-3-4-8-12-22-15(20)13-9-5-6-10-14(13)16(17,18)19/h5-6,9-10H,2-4,7-8,11-12H2,1H3. The maximum atomic E-state index is 12.8. The van der Waals surface area contributed by atoms with Gasteiger partial charge < -0.3 is 9.47 Å². The van der Waals surface area contributed by atoms with E-state index in [0.29, 0.717) is 19.6 Å². The van der Waals surface area contributed by atoms with Crippen molar-refractivity contribution in [2.45, 2.75) is 38.8 Å². The maximum absolute atomic E-state index is 12.8. The Hall–Kier alpha value is -1.56. The van der Waals surface area contributed by atoms with E-state index < -0.39 is 23.3 Å². The number of hydrogen-bond acceptors (Lipinski definition) is 3. The van der Waals surface area contributed by atoms with Crippen molar-refractivity contribution in [3.63, 3.8) is 0 Å². The van der Waals surface area contributed by atoms with Gasteiger partial charge in [0.1, 0.15) is 0 Å². The Morgan fingerprint density at radius 2 is 1.68 bits per heavy atom. The van der Waals surface area contributed by atoms with Gasteiger partial charge in [-0.25, -0.2) is 4.79 Å². The Labute approximate surface area is 128 Å². The number of unbranched alkanes of at least 4 members (excludes halogenated alkanes) is 3. The van der Waals surface area contributed by atoms with E-state index >= 15 is 0 Å². The van der Waals surface area contributed by atoms with Crippen LogP contribution in [0.4, 0.5) is 13.2 Å². The highest BCUT2D eigenvalue weighted by atomic mass is 19.4. The second-order valence-corrected chi connectivity index (χ2v) is 4.79. The molecular formula is C16H21F3O3. The SMILES string of the molecule is CCOCCCCCCOC(=O)c1ccccc1C(F)(F)F. The van der Waals surface area contributed by atoms with Crippen LogP contribution in [0.1, 0.15) is 48.5 Å². The lowest BCUT2D eigenvalue weighted by atomic mass is 10.1. The molecule has 22 heavy (non-hydrogen) atoms. The second kappa shape index (κ2) is 9.46. The quantitative estimate of drug-likeness (QED) is 0.498. The third-order valence-corrected chi connectivity index (χ3v) is 3.07. The van der Waals surface area contributed by atoms with Crippen LogP contribution in [0.25, 0.3) is 0 Å². The number of benzene rings is 1. The Bertz CT molecular complexity index is 458. The van der Waals surface area contributed by atoms with E-state index in [9.17, 15) is 18.0 Å². The fraction of sp³-hybridized carbons (Fsp3) is 0.562. The van der Waals surface area contributed by atoms with Crippen molar-refractivity contribution in [2.24, 2.45) is 0 Å². The summed E-state index contributed by atoms with van der Waals surface area (Å²) in [6.45, 7) is 3.45. The van der Waals surface area contributed by atoms with Crippen molar-refractivity contribution >= 4 is 5.97 Å². The zero-order valence-corrected chi connectivity index (χ0v) is 12.6. The average Bonchev–Trinajstić information content (AvgIpc) is 2.49. The third-order valence-electron chi connectivity index (χ3n) is 3.07. The number of esters is 1. The van der Waals surface area contributed by atoms with Crippen molar-refractivity contribution in [3.8, 4) is 0 Å². The number of alkyl halides is 3. The third kappa shape index (κ3) is 6.47. The zero-order chi connectivity index (χ0) is 16.4. The summed E-state index contributed by atoms with van der Waals surface area (Å²) in [5.74, 6) is -0.928. The number of ether oxygens (including phenoxy) is 2. The monoisotopic (exact) mass is 318 g/mol. The van der Waals surface area contributed by atoms with Gasteiger partial charge in [-0.2, -0.15) is 13.2 Å². The zero-order valence-electron chi connectivity index (χ0n) is 12.6. The lowest BCUT2D eigenvalue weighted by Crippen LogP contribution is -2.15. The molecule has 0 unspecified atom stereocenters. The average molecular weight is 318 g/mol. The Morgan fingerprint density at radius 1 is 1.05 bits per heavy atom. The fourth-order valence-corrected chi connectivity index (χ4v) is 1.96. The summed E-state index contributed by atoms with van der Waals surface area (Å²) >= 11 is 0. The first-order valence-electron chi connectivity index (χ1n) is 7.38. The summed E-state index contributed by atoms with van der Waals surface area (Å²) in [7, 11) is 0. The number of carbonyl (C=O) groups is 1. The molecule has 0 atom stereocenters. The first-order chi connectivity index (χ1) is 10.5. The lowest BCUT2D eigenvalue weighted by Gasteiger charge is -2.12. The largest absolute Gasteiger partial charge is 0.462 e. The number of carbonyl (C=O) groups excluding carboxylic acids is 1. The van der Waals surface area contributed by atoms with Crippen LogP contribution in [0, 0.1) is 0 Å². The molecule has 0 saturated heterocycles. The second-order valence-electron chi connectivity index (χ2n) is 4.79. The van der Waals surface area contributed by atoms with Crippen LogP contribution in [0.3, 0.4) is 0 Å². The van der Waals surface area contributed by atoms with E-state index in [4.69, 9.17) is 9.47 Å². The molecule has 0 spiro atoms. The Morgan fingerprint density at radius 3 is 2.32 bits per heavy atom. The van der Waals surface area contributed by atoms with Crippen LogP contribution < -0.4 is 0 Å². The minimum atomic E-state index is -4.56. The summed E-state index contributed by atoms with van der Waals surface area (Å²) in [5.41, 5.74) is -1.40. The van der Waals surface area contributed by atoms with Crippen molar-refractivity contribution in [2.75, 3.05) is 19.8 Å². The molecule has 0 fully saturated rings. The van der Waals surface area contributed by atoms with Gasteiger partial charge in [0.2, 0.25) is 0 Å². The summed E-state index contributed by atoms with van der Waals surface area (Å²) in [6.07, 6.45) is -1.21. The van der Waals surface area contributed by atoms with Crippen LogP contribution >= 0.6 is 0 Å². The van der Waals surface area contributed by atoms with Crippen LogP contribution in [0.2, 0.25) is 0 Å². The van der Waals surface area contributed by atoms with E-state index in [1.54, 1.807) is 0 Å². The Kier molecular flexibility index (Phi) is 7.95. The first kappa shape index (κ1) is 18.5. The van der Waals surface area contributed by atoms with Gasteiger partial charge in [0.15, 0.2) is 0 Å². The summed E-state index contributed by atoms with van der Waals surface area (Å²) in [5, 5.41) is 0. The van der Waals surface area contributed by atoms with Crippen LogP contribution in [-0.4, -0.2) is 25.8 Å². The highest BCUT2D eigenvalue weighted by molar-refractivity contribution is 5.91. The molecule has 1 rings (SSSR count). The molecule has 0 radical (unpaired) electrons. The van der Waals surface area contributed by atoms with E-state index in [-0.39, 0.29) is 6.61 Å². The van der Waals surface area contributed by atoms with Gasteiger partial charge in [-0.1, -0.05) is 18.6 Å². The lowest BCUT2D eigenvalue weighted by molar-refractivity contribution is -0.138. The predicted molar refractivity (Wildman–Crippen MR) is 76.7 cm³/mol. The van der Waals surface area contributed by atoms with Crippen LogP contribution in [0.5, 0.6) is 0 Å². The molecule has 0 aromatic heterocycles. The minimum Gasteiger partial charge on any atom is -0.462 e. The summed E-state index contributed by atoms with van der Waals surface area (Å²) in [4.78, 5) is 11.7. The molecule has 1 aromatic rings. The Balaban J connectivity index is 2.35. The fourth-order valence-electron chi connectivity index (χ4n) is 1.96. The molecule has 0 heterocycles. The van der Waals surface area contributed by atoms with Gasteiger partial charge in [0.25, 0.3) is 0 Å². The number of hydrogen-bond donors (Lipinski definition) is 0. The van der Waals surface area contributed by atoms with Gasteiger partial charge in [-0.3, -0.25) is 0 Å².